The predicted molar refractivity (Wildman–Crippen MR) is 95.0 cm³/mol. The molecule has 1 saturated carbocycles. The Morgan fingerprint density at radius 2 is 1.88 bits per heavy atom. The third kappa shape index (κ3) is 5.45. The van der Waals surface area contributed by atoms with E-state index in [1.807, 2.05) is 19.9 Å². The third-order valence-corrected chi connectivity index (χ3v) is 4.78. The van der Waals surface area contributed by atoms with Crippen LogP contribution in [-0.2, 0) is 4.79 Å². The summed E-state index contributed by atoms with van der Waals surface area (Å²) in [7, 11) is 0. The predicted octanol–water partition coefficient (Wildman–Crippen LogP) is 4.23. The van der Waals surface area contributed by atoms with Crippen LogP contribution in [-0.4, -0.2) is 23.7 Å². The molecule has 0 radical (unpaired) electrons. The van der Waals surface area contributed by atoms with Gasteiger partial charge in [0.1, 0.15) is 11.6 Å². The highest BCUT2D eigenvalue weighted by Gasteiger charge is 2.47. The first-order valence-corrected chi connectivity index (χ1v) is 9.17. The van der Waals surface area contributed by atoms with E-state index in [0.717, 1.165) is 0 Å². The van der Waals surface area contributed by atoms with Crippen LogP contribution in [0.25, 0.3) is 0 Å². The number of rotatable bonds is 7. The van der Waals surface area contributed by atoms with Gasteiger partial charge in [-0.05, 0) is 42.9 Å². The molecular formula is C18H21BrF3N3O. The highest BCUT2D eigenvalue weighted by Crippen LogP contribution is 2.36. The SMILES string of the molecule is CC(C)C[C@H](N[C@@H](c1ccc(Br)cc1)C(F)(F)F)C(=O)NC1(C#N)CC1. The summed E-state index contributed by atoms with van der Waals surface area (Å²) in [6, 6.07) is 4.81. The van der Waals surface area contributed by atoms with Gasteiger partial charge >= 0.3 is 6.18 Å². The minimum Gasteiger partial charge on any atom is -0.336 e. The van der Waals surface area contributed by atoms with Gasteiger partial charge < -0.3 is 5.32 Å². The quantitative estimate of drug-likeness (QED) is 0.678. The number of hydrogen-bond donors (Lipinski definition) is 2. The lowest BCUT2D eigenvalue weighted by Crippen LogP contribution is -2.52. The van der Waals surface area contributed by atoms with Crippen molar-refractivity contribution < 1.29 is 18.0 Å². The number of carbonyl (C=O) groups is 1. The molecule has 1 aromatic carbocycles. The van der Waals surface area contributed by atoms with Crippen molar-refractivity contribution in [3.8, 4) is 6.07 Å². The first-order valence-electron chi connectivity index (χ1n) is 8.38. The largest absolute Gasteiger partial charge is 0.407 e. The molecule has 1 aliphatic rings. The summed E-state index contributed by atoms with van der Waals surface area (Å²) in [5.41, 5.74) is -0.886. The van der Waals surface area contributed by atoms with Gasteiger partial charge in [-0.1, -0.05) is 41.9 Å². The average Bonchev–Trinajstić information content (AvgIpc) is 3.31. The van der Waals surface area contributed by atoms with Gasteiger partial charge in [0.15, 0.2) is 0 Å². The van der Waals surface area contributed by atoms with Gasteiger partial charge in [-0.3, -0.25) is 10.1 Å². The van der Waals surface area contributed by atoms with Crippen LogP contribution in [0.1, 0.15) is 44.7 Å². The third-order valence-electron chi connectivity index (χ3n) is 4.25. The normalized spacial score (nSPS) is 18.1. The van der Waals surface area contributed by atoms with Crippen LogP contribution < -0.4 is 10.6 Å². The average molecular weight is 432 g/mol. The Balaban J connectivity index is 2.23. The fourth-order valence-electron chi connectivity index (χ4n) is 2.67. The number of amides is 1. The van der Waals surface area contributed by atoms with Crippen molar-refractivity contribution in [3.05, 3.63) is 34.3 Å². The van der Waals surface area contributed by atoms with Crippen LogP contribution >= 0.6 is 15.9 Å². The van der Waals surface area contributed by atoms with E-state index in [2.05, 4.69) is 26.6 Å². The molecule has 1 fully saturated rings. The van der Waals surface area contributed by atoms with Crippen molar-refractivity contribution in [1.29, 1.82) is 5.26 Å². The van der Waals surface area contributed by atoms with Crippen LogP contribution in [0.5, 0.6) is 0 Å². The topological polar surface area (TPSA) is 64.9 Å². The lowest BCUT2D eigenvalue weighted by atomic mass is 9.99. The molecular weight excluding hydrogens is 411 g/mol. The molecule has 1 aromatic rings. The second-order valence-corrected chi connectivity index (χ2v) is 7.97. The molecule has 8 heteroatoms. The highest BCUT2D eigenvalue weighted by atomic mass is 79.9. The maximum atomic E-state index is 13.6. The molecule has 0 aromatic heterocycles. The van der Waals surface area contributed by atoms with Crippen molar-refractivity contribution >= 4 is 21.8 Å². The van der Waals surface area contributed by atoms with Gasteiger partial charge in [-0.2, -0.15) is 18.4 Å². The maximum Gasteiger partial charge on any atom is 0.407 e. The Bertz CT molecular complexity index is 678. The zero-order valence-corrected chi connectivity index (χ0v) is 16.1. The molecule has 4 nitrogen and oxygen atoms in total. The summed E-state index contributed by atoms with van der Waals surface area (Å²) in [6.45, 7) is 3.67. The second kappa shape index (κ2) is 7.97. The molecule has 142 valence electrons. The minimum atomic E-state index is -4.56. The van der Waals surface area contributed by atoms with Crippen LogP contribution in [0.3, 0.4) is 0 Å². The summed E-state index contributed by atoms with van der Waals surface area (Å²) in [5.74, 6) is -0.557. The standard InChI is InChI=1S/C18H21BrF3N3O/c1-11(2)9-14(16(26)25-17(10-23)7-8-17)24-15(18(20,21)22)12-3-5-13(19)6-4-12/h3-6,11,14-15,24H,7-9H2,1-2H3,(H,25,26)/t14-,15-/m0/s1. The van der Waals surface area contributed by atoms with Crippen LogP contribution in [0.15, 0.2) is 28.7 Å². The zero-order valence-electron chi connectivity index (χ0n) is 14.5. The monoisotopic (exact) mass is 431 g/mol. The van der Waals surface area contributed by atoms with E-state index >= 15 is 0 Å². The zero-order chi connectivity index (χ0) is 19.5. The molecule has 1 amide bonds. The van der Waals surface area contributed by atoms with Crippen LogP contribution in [0, 0.1) is 17.2 Å². The Morgan fingerprint density at radius 3 is 2.31 bits per heavy atom. The summed E-state index contributed by atoms with van der Waals surface area (Å²) >= 11 is 3.20. The summed E-state index contributed by atoms with van der Waals surface area (Å²) < 4.78 is 41.5. The maximum absolute atomic E-state index is 13.6. The number of nitriles is 1. The van der Waals surface area contributed by atoms with E-state index in [-0.39, 0.29) is 17.9 Å². The van der Waals surface area contributed by atoms with Crippen molar-refractivity contribution in [2.75, 3.05) is 0 Å². The smallest absolute Gasteiger partial charge is 0.336 e. The first-order chi connectivity index (χ1) is 12.1. The number of nitrogens with zero attached hydrogens (tertiary/aromatic N) is 1. The van der Waals surface area contributed by atoms with Gasteiger partial charge in [-0.15, -0.1) is 0 Å². The van der Waals surface area contributed by atoms with Crippen molar-refractivity contribution in [1.82, 2.24) is 10.6 Å². The van der Waals surface area contributed by atoms with Gasteiger partial charge in [-0.25, -0.2) is 0 Å². The Morgan fingerprint density at radius 1 is 1.31 bits per heavy atom. The molecule has 0 heterocycles. The fraction of sp³-hybridized carbons (Fsp3) is 0.556. The number of benzene rings is 1. The molecule has 2 atom stereocenters. The van der Waals surface area contributed by atoms with Crippen molar-refractivity contribution in [2.24, 2.45) is 5.92 Å². The lowest BCUT2D eigenvalue weighted by molar-refractivity contribution is -0.161. The first kappa shape index (κ1) is 20.7. The van der Waals surface area contributed by atoms with E-state index in [9.17, 15) is 18.0 Å². The summed E-state index contributed by atoms with van der Waals surface area (Å²) in [5, 5.41) is 14.2. The number of alkyl halides is 3. The number of carbonyl (C=O) groups excluding carboxylic acids is 1. The molecule has 2 N–H and O–H groups in total. The molecule has 0 bridgehead atoms. The molecule has 0 aliphatic heterocycles. The molecule has 2 rings (SSSR count). The number of nitrogens with one attached hydrogen (secondary N) is 2. The van der Waals surface area contributed by atoms with Gasteiger partial charge in [0.05, 0.1) is 12.1 Å². The molecule has 26 heavy (non-hydrogen) atoms. The van der Waals surface area contributed by atoms with E-state index in [0.29, 0.717) is 17.3 Å². The Labute approximate surface area is 159 Å². The van der Waals surface area contributed by atoms with Gasteiger partial charge in [0, 0.05) is 4.47 Å². The number of hydrogen-bond acceptors (Lipinski definition) is 3. The highest BCUT2D eigenvalue weighted by molar-refractivity contribution is 9.10. The van der Waals surface area contributed by atoms with E-state index in [4.69, 9.17) is 5.26 Å². The van der Waals surface area contributed by atoms with Crippen LogP contribution in [0.2, 0.25) is 0 Å². The Kier molecular flexibility index (Phi) is 6.35. The molecule has 0 unspecified atom stereocenters. The van der Waals surface area contributed by atoms with E-state index in [1.54, 1.807) is 0 Å². The van der Waals surface area contributed by atoms with Gasteiger partial charge in [0.2, 0.25) is 5.91 Å². The minimum absolute atomic E-state index is 0.00860. The lowest BCUT2D eigenvalue weighted by Gasteiger charge is -2.29. The molecule has 0 spiro atoms. The summed E-state index contributed by atoms with van der Waals surface area (Å²) in [6.07, 6.45) is -3.27. The second-order valence-electron chi connectivity index (χ2n) is 7.06. The van der Waals surface area contributed by atoms with Crippen LogP contribution in [0.4, 0.5) is 13.2 Å². The number of halogens is 4. The van der Waals surface area contributed by atoms with Gasteiger partial charge in [0.25, 0.3) is 0 Å². The Hall–Kier alpha value is -1.59. The van der Waals surface area contributed by atoms with Crippen molar-refractivity contribution in [2.45, 2.75) is 56.9 Å². The fourth-order valence-corrected chi connectivity index (χ4v) is 2.94. The molecule has 1 aliphatic carbocycles. The summed E-state index contributed by atoms with van der Waals surface area (Å²) in [4.78, 5) is 12.5. The molecule has 0 saturated heterocycles. The van der Waals surface area contributed by atoms with E-state index < -0.39 is 29.7 Å². The van der Waals surface area contributed by atoms with Crippen molar-refractivity contribution in [3.63, 3.8) is 0 Å². The van der Waals surface area contributed by atoms with E-state index in [1.165, 1.54) is 24.3 Å².